The first-order valence-electron chi connectivity index (χ1n) is 10.3. The Morgan fingerprint density at radius 3 is 2.34 bits per heavy atom. The van der Waals surface area contributed by atoms with Gasteiger partial charge in [0.2, 0.25) is 11.2 Å². The monoisotopic (exact) mass is 429 g/mol. The van der Waals surface area contributed by atoms with E-state index in [-0.39, 0.29) is 17.8 Å². The van der Waals surface area contributed by atoms with Crippen molar-refractivity contribution in [3.63, 3.8) is 0 Å². The fraction of sp³-hybridized carbons (Fsp3) is 0.154. The summed E-state index contributed by atoms with van der Waals surface area (Å²) in [6.07, 6.45) is 0.606. The van der Waals surface area contributed by atoms with Crippen LogP contribution >= 0.6 is 0 Å². The predicted octanol–water partition coefficient (Wildman–Crippen LogP) is 4.99. The van der Waals surface area contributed by atoms with Gasteiger partial charge in [-0.2, -0.15) is 0 Å². The molecule has 3 aromatic carbocycles. The van der Waals surface area contributed by atoms with E-state index in [9.17, 15) is 9.59 Å². The minimum Gasteiger partial charge on any atom is -0.483 e. The van der Waals surface area contributed by atoms with Crippen LogP contribution in [0.1, 0.15) is 18.2 Å². The molecule has 1 heterocycles. The molecule has 0 bridgehead atoms. The highest BCUT2D eigenvalue weighted by atomic mass is 16.5. The number of rotatable bonds is 7. The van der Waals surface area contributed by atoms with E-state index < -0.39 is 5.91 Å². The lowest BCUT2D eigenvalue weighted by atomic mass is 10.1. The number of carbonyl (C=O) groups is 1. The Kier molecular flexibility index (Phi) is 5.94. The summed E-state index contributed by atoms with van der Waals surface area (Å²) < 4.78 is 17.3. The van der Waals surface area contributed by atoms with E-state index in [4.69, 9.17) is 19.6 Å². The third-order valence-electron chi connectivity index (χ3n) is 5.13. The third-order valence-corrected chi connectivity index (χ3v) is 5.13. The lowest BCUT2D eigenvalue weighted by Crippen LogP contribution is -2.20. The van der Waals surface area contributed by atoms with Crippen molar-refractivity contribution in [2.75, 3.05) is 6.61 Å². The van der Waals surface area contributed by atoms with Crippen molar-refractivity contribution in [1.29, 1.82) is 0 Å². The second-order valence-corrected chi connectivity index (χ2v) is 7.37. The van der Waals surface area contributed by atoms with Gasteiger partial charge in [0, 0.05) is 6.07 Å². The third kappa shape index (κ3) is 4.34. The summed E-state index contributed by atoms with van der Waals surface area (Å²) in [5.41, 5.74) is 8.18. The summed E-state index contributed by atoms with van der Waals surface area (Å²) >= 11 is 0. The molecule has 0 unspecified atom stereocenters. The summed E-state index contributed by atoms with van der Waals surface area (Å²) in [5.74, 6) is 0.910. The van der Waals surface area contributed by atoms with Crippen LogP contribution < -0.4 is 20.6 Å². The molecule has 4 aromatic rings. The molecule has 0 radical (unpaired) electrons. The van der Waals surface area contributed by atoms with Crippen LogP contribution in [0.4, 0.5) is 0 Å². The second-order valence-electron chi connectivity index (χ2n) is 7.37. The van der Waals surface area contributed by atoms with Gasteiger partial charge in [0.05, 0.1) is 5.39 Å². The van der Waals surface area contributed by atoms with Crippen molar-refractivity contribution in [2.24, 2.45) is 5.73 Å². The number of primary amides is 1. The molecule has 6 heteroatoms. The molecule has 0 atom stereocenters. The molecule has 1 amide bonds. The Morgan fingerprint density at radius 1 is 1.00 bits per heavy atom. The van der Waals surface area contributed by atoms with Crippen LogP contribution in [0.25, 0.3) is 22.1 Å². The first-order valence-corrected chi connectivity index (χ1v) is 10.3. The lowest BCUT2D eigenvalue weighted by molar-refractivity contribution is -0.119. The minimum atomic E-state index is -0.577. The van der Waals surface area contributed by atoms with E-state index in [2.05, 4.69) is 0 Å². The molecule has 0 saturated carbocycles. The van der Waals surface area contributed by atoms with Gasteiger partial charge in [-0.15, -0.1) is 0 Å². The topological polar surface area (TPSA) is 91.8 Å². The molecule has 0 fully saturated rings. The molecule has 32 heavy (non-hydrogen) atoms. The number of aryl methyl sites for hydroxylation is 2. The number of hydrogen-bond acceptors (Lipinski definition) is 5. The molecular weight excluding hydrogens is 406 g/mol. The van der Waals surface area contributed by atoms with Gasteiger partial charge in [-0.25, -0.2) is 0 Å². The van der Waals surface area contributed by atoms with Gasteiger partial charge in [-0.3, -0.25) is 9.59 Å². The zero-order valence-electron chi connectivity index (χ0n) is 17.9. The summed E-state index contributed by atoms with van der Waals surface area (Å²) in [6.45, 7) is 3.36. The summed E-state index contributed by atoms with van der Waals surface area (Å²) in [5, 5.41) is 0.384. The van der Waals surface area contributed by atoms with E-state index in [0.717, 1.165) is 16.7 Å². The Hall–Kier alpha value is -4.06. The number of fused-ring (bicyclic) bond motifs is 1. The van der Waals surface area contributed by atoms with E-state index in [1.165, 1.54) is 0 Å². The van der Waals surface area contributed by atoms with Crippen molar-refractivity contribution in [1.82, 2.24) is 0 Å². The normalized spacial score (nSPS) is 10.8. The number of carbonyl (C=O) groups excluding carboxylic acids is 1. The van der Waals surface area contributed by atoms with Gasteiger partial charge in [0.1, 0.15) is 22.8 Å². The van der Waals surface area contributed by atoms with Crippen LogP contribution in [0, 0.1) is 6.92 Å². The first kappa shape index (κ1) is 21.2. The standard InChI is InChI=1S/C26H23NO5/c1-3-17-13-21-23(14-22(17)30-15-24(27)28)31-16(2)26(25(21)29)32-20-11-9-19(10-12-20)18-7-5-4-6-8-18/h4-14H,3,15H2,1-2H3,(H2,27,28). The Bertz CT molecular complexity index is 1320. The van der Waals surface area contributed by atoms with Gasteiger partial charge < -0.3 is 19.6 Å². The predicted molar refractivity (Wildman–Crippen MR) is 123 cm³/mol. The minimum absolute atomic E-state index is 0.137. The largest absolute Gasteiger partial charge is 0.483 e. The van der Waals surface area contributed by atoms with Gasteiger partial charge in [-0.1, -0.05) is 49.4 Å². The molecule has 6 nitrogen and oxygen atoms in total. The maximum atomic E-state index is 13.2. The lowest BCUT2D eigenvalue weighted by Gasteiger charge is -2.13. The zero-order chi connectivity index (χ0) is 22.7. The molecule has 4 rings (SSSR count). The van der Waals surface area contributed by atoms with Crippen LogP contribution in [0.3, 0.4) is 0 Å². The number of benzene rings is 3. The van der Waals surface area contributed by atoms with Crippen LogP contribution in [-0.2, 0) is 11.2 Å². The summed E-state index contributed by atoms with van der Waals surface area (Å²) in [6, 6.07) is 20.9. The molecule has 0 saturated heterocycles. The highest BCUT2D eigenvalue weighted by Gasteiger charge is 2.17. The molecular formula is C26H23NO5. The Balaban J connectivity index is 1.68. The van der Waals surface area contributed by atoms with Crippen LogP contribution in [0.5, 0.6) is 17.2 Å². The highest BCUT2D eigenvalue weighted by Crippen LogP contribution is 2.31. The molecule has 2 N–H and O–H groups in total. The molecule has 0 spiro atoms. The van der Waals surface area contributed by atoms with E-state index in [1.807, 2.05) is 61.5 Å². The average Bonchev–Trinajstić information content (AvgIpc) is 2.81. The number of amides is 1. The number of ether oxygens (including phenoxy) is 2. The quantitative estimate of drug-likeness (QED) is 0.447. The van der Waals surface area contributed by atoms with Crippen LogP contribution in [-0.4, -0.2) is 12.5 Å². The molecule has 1 aromatic heterocycles. The summed E-state index contributed by atoms with van der Waals surface area (Å²) in [4.78, 5) is 24.3. The van der Waals surface area contributed by atoms with Crippen molar-refractivity contribution < 1.29 is 18.7 Å². The van der Waals surface area contributed by atoms with Crippen LogP contribution in [0.15, 0.2) is 75.9 Å². The smallest absolute Gasteiger partial charge is 0.255 e. The maximum Gasteiger partial charge on any atom is 0.255 e. The van der Waals surface area contributed by atoms with E-state index in [1.54, 1.807) is 19.1 Å². The van der Waals surface area contributed by atoms with Gasteiger partial charge in [0.25, 0.3) is 5.91 Å². The Labute approximate surface area is 185 Å². The van der Waals surface area contributed by atoms with Crippen molar-refractivity contribution in [3.05, 3.63) is 88.3 Å². The molecule has 0 aliphatic rings. The fourth-order valence-corrected chi connectivity index (χ4v) is 3.50. The van der Waals surface area contributed by atoms with Crippen molar-refractivity contribution in [3.8, 4) is 28.4 Å². The average molecular weight is 429 g/mol. The molecule has 0 aliphatic heterocycles. The zero-order valence-corrected chi connectivity index (χ0v) is 17.9. The first-order chi connectivity index (χ1) is 15.5. The highest BCUT2D eigenvalue weighted by molar-refractivity contribution is 5.81. The van der Waals surface area contributed by atoms with E-state index in [0.29, 0.717) is 34.6 Å². The summed E-state index contributed by atoms with van der Waals surface area (Å²) in [7, 11) is 0. The van der Waals surface area contributed by atoms with Gasteiger partial charge >= 0.3 is 0 Å². The number of hydrogen-bond donors (Lipinski definition) is 1. The maximum absolute atomic E-state index is 13.2. The van der Waals surface area contributed by atoms with Gasteiger partial charge in [-0.05, 0) is 48.2 Å². The van der Waals surface area contributed by atoms with E-state index >= 15 is 0 Å². The molecule has 0 aliphatic carbocycles. The van der Waals surface area contributed by atoms with Crippen LogP contribution in [0.2, 0.25) is 0 Å². The Morgan fingerprint density at radius 2 is 1.69 bits per heavy atom. The van der Waals surface area contributed by atoms with Crippen molar-refractivity contribution >= 4 is 16.9 Å². The second kappa shape index (κ2) is 8.98. The van der Waals surface area contributed by atoms with Crippen molar-refractivity contribution in [2.45, 2.75) is 20.3 Å². The SMILES string of the molecule is CCc1cc2c(=O)c(Oc3ccc(-c4ccccc4)cc3)c(C)oc2cc1OCC(N)=O. The fourth-order valence-electron chi connectivity index (χ4n) is 3.50. The molecule has 162 valence electrons. The number of nitrogens with two attached hydrogens (primary N) is 1. The van der Waals surface area contributed by atoms with Gasteiger partial charge in [0.15, 0.2) is 6.61 Å².